The van der Waals surface area contributed by atoms with E-state index in [9.17, 15) is 8.78 Å². The Balaban J connectivity index is 3.10. The van der Waals surface area contributed by atoms with E-state index in [1.165, 1.54) is 0 Å². The van der Waals surface area contributed by atoms with Crippen molar-refractivity contribution in [2.75, 3.05) is 7.05 Å². The van der Waals surface area contributed by atoms with Crippen molar-refractivity contribution in [3.05, 3.63) is 34.9 Å². The van der Waals surface area contributed by atoms with Gasteiger partial charge in [-0.3, -0.25) is 0 Å². The van der Waals surface area contributed by atoms with Crippen LogP contribution in [0.4, 0.5) is 8.78 Å². The summed E-state index contributed by atoms with van der Waals surface area (Å²) in [6, 6.07) is 2.60. The lowest BCUT2D eigenvalue weighted by Crippen LogP contribution is -2.26. The Hall–Kier alpha value is -0.960. The topological polar surface area (TPSA) is 12.0 Å². The van der Waals surface area contributed by atoms with Crippen LogP contribution in [0.5, 0.6) is 0 Å². The van der Waals surface area contributed by atoms with Gasteiger partial charge in [0.15, 0.2) is 0 Å². The first-order valence-corrected chi connectivity index (χ1v) is 7.17. The summed E-state index contributed by atoms with van der Waals surface area (Å²) in [6.07, 6.45) is 4.25. The molecular weight excluding hydrogens is 244 g/mol. The smallest absolute Gasteiger partial charge is 0.130 e. The van der Waals surface area contributed by atoms with E-state index in [0.29, 0.717) is 17.0 Å². The number of aryl methyl sites for hydroxylation is 1. The molecule has 1 N–H and O–H groups in total. The van der Waals surface area contributed by atoms with Crippen LogP contribution in [-0.2, 0) is 0 Å². The Morgan fingerprint density at radius 1 is 1.05 bits per heavy atom. The Morgan fingerprint density at radius 3 is 2.11 bits per heavy atom. The molecular formula is C16H25F2N. The number of nitrogens with one attached hydrogen (secondary N) is 1. The van der Waals surface area contributed by atoms with Gasteiger partial charge in [0.05, 0.1) is 0 Å². The summed E-state index contributed by atoms with van der Waals surface area (Å²) in [5, 5.41) is 3.21. The van der Waals surface area contributed by atoms with Crippen molar-refractivity contribution in [2.45, 2.75) is 52.5 Å². The molecule has 0 fully saturated rings. The Kier molecular flexibility index (Phi) is 6.43. The third kappa shape index (κ3) is 4.00. The van der Waals surface area contributed by atoms with Crippen molar-refractivity contribution in [3.8, 4) is 0 Å². The van der Waals surface area contributed by atoms with Crippen LogP contribution < -0.4 is 5.32 Å². The molecule has 1 rings (SSSR count). The molecule has 1 aromatic carbocycles. The van der Waals surface area contributed by atoms with Gasteiger partial charge in [-0.2, -0.15) is 0 Å². The molecule has 1 nitrogen and oxygen atoms in total. The minimum absolute atomic E-state index is 0.0424. The number of halogens is 2. The first-order chi connectivity index (χ1) is 9.04. The molecule has 3 heteroatoms. The van der Waals surface area contributed by atoms with Gasteiger partial charge in [0.2, 0.25) is 0 Å². The van der Waals surface area contributed by atoms with E-state index < -0.39 is 11.6 Å². The average Bonchev–Trinajstić information content (AvgIpc) is 2.37. The maximum absolute atomic E-state index is 14.0. The highest BCUT2D eigenvalue weighted by Crippen LogP contribution is 2.32. The molecule has 0 radical (unpaired) electrons. The highest BCUT2D eigenvalue weighted by Gasteiger charge is 2.24. The summed E-state index contributed by atoms with van der Waals surface area (Å²) < 4.78 is 27.4. The Labute approximate surface area is 115 Å². The Morgan fingerprint density at radius 2 is 1.63 bits per heavy atom. The van der Waals surface area contributed by atoms with Crippen LogP contribution in [-0.4, -0.2) is 7.05 Å². The van der Waals surface area contributed by atoms with E-state index in [2.05, 4.69) is 19.2 Å². The fourth-order valence-corrected chi connectivity index (χ4v) is 2.78. The van der Waals surface area contributed by atoms with Crippen LogP contribution in [0, 0.1) is 24.5 Å². The molecule has 0 aliphatic rings. The van der Waals surface area contributed by atoms with Gasteiger partial charge < -0.3 is 5.32 Å². The second kappa shape index (κ2) is 7.59. The van der Waals surface area contributed by atoms with Crippen molar-refractivity contribution < 1.29 is 8.78 Å². The molecule has 0 amide bonds. The number of hydrogen-bond donors (Lipinski definition) is 1. The molecule has 1 aromatic rings. The number of hydrogen-bond acceptors (Lipinski definition) is 1. The number of benzene rings is 1. The van der Waals surface area contributed by atoms with Gasteiger partial charge in [-0.05, 0) is 44.4 Å². The lowest BCUT2D eigenvalue weighted by Gasteiger charge is -2.27. The molecule has 0 bridgehead atoms. The monoisotopic (exact) mass is 269 g/mol. The van der Waals surface area contributed by atoms with Crippen molar-refractivity contribution in [2.24, 2.45) is 5.92 Å². The van der Waals surface area contributed by atoms with E-state index in [4.69, 9.17) is 0 Å². The molecule has 0 saturated heterocycles. The predicted octanol–water partition coefficient (Wildman–Crippen LogP) is 4.75. The Bertz CT molecular complexity index is 398. The zero-order valence-corrected chi connectivity index (χ0v) is 12.4. The van der Waals surface area contributed by atoms with Gasteiger partial charge >= 0.3 is 0 Å². The molecule has 1 atom stereocenters. The molecule has 0 saturated carbocycles. The molecule has 0 aliphatic heterocycles. The largest absolute Gasteiger partial charge is 0.313 e. The molecule has 0 heterocycles. The van der Waals surface area contributed by atoms with E-state index in [-0.39, 0.29) is 6.04 Å². The first-order valence-electron chi connectivity index (χ1n) is 7.17. The second-order valence-corrected chi connectivity index (χ2v) is 5.23. The molecule has 1 unspecified atom stereocenters. The van der Waals surface area contributed by atoms with Gasteiger partial charge in [-0.25, -0.2) is 8.78 Å². The summed E-state index contributed by atoms with van der Waals surface area (Å²) in [6.45, 7) is 5.96. The first kappa shape index (κ1) is 16.1. The van der Waals surface area contributed by atoms with E-state index in [1.54, 1.807) is 13.0 Å². The zero-order chi connectivity index (χ0) is 14.4. The highest BCUT2D eigenvalue weighted by atomic mass is 19.1. The summed E-state index contributed by atoms with van der Waals surface area (Å²) in [7, 11) is 1.85. The molecule has 0 spiro atoms. The lowest BCUT2D eigenvalue weighted by atomic mass is 9.85. The standard InChI is InChI=1S/C16H25F2N/c1-5-7-12(8-6-2)16(19-4)13-9-11(3)14(17)10-15(13)18/h9-10,12,16,19H,5-8H2,1-4H3. The fraction of sp³-hybridized carbons (Fsp3) is 0.625. The summed E-state index contributed by atoms with van der Waals surface area (Å²) in [5.41, 5.74) is 1.09. The van der Waals surface area contributed by atoms with Crippen molar-refractivity contribution in [1.29, 1.82) is 0 Å². The summed E-state index contributed by atoms with van der Waals surface area (Å²) in [4.78, 5) is 0. The van der Waals surface area contributed by atoms with Crippen LogP contribution in [0.25, 0.3) is 0 Å². The van der Waals surface area contributed by atoms with E-state index >= 15 is 0 Å². The van der Waals surface area contributed by atoms with Crippen LogP contribution in [0.3, 0.4) is 0 Å². The average molecular weight is 269 g/mol. The van der Waals surface area contributed by atoms with Gasteiger partial charge in [0, 0.05) is 17.7 Å². The summed E-state index contributed by atoms with van der Waals surface area (Å²) in [5.74, 6) is -0.530. The number of rotatable bonds is 7. The third-order valence-corrected chi connectivity index (χ3v) is 3.71. The molecule has 19 heavy (non-hydrogen) atoms. The SMILES string of the molecule is CCCC(CCC)C(NC)c1cc(C)c(F)cc1F. The maximum Gasteiger partial charge on any atom is 0.130 e. The van der Waals surface area contributed by atoms with Crippen LogP contribution in [0.2, 0.25) is 0 Å². The summed E-state index contributed by atoms with van der Waals surface area (Å²) >= 11 is 0. The van der Waals surface area contributed by atoms with E-state index in [0.717, 1.165) is 31.7 Å². The zero-order valence-electron chi connectivity index (χ0n) is 12.4. The van der Waals surface area contributed by atoms with Gasteiger partial charge in [0.25, 0.3) is 0 Å². The predicted molar refractivity (Wildman–Crippen MR) is 76.2 cm³/mol. The second-order valence-electron chi connectivity index (χ2n) is 5.23. The van der Waals surface area contributed by atoms with Crippen LogP contribution in [0.1, 0.15) is 56.7 Å². The lowest BCUT2D eigenvalue weighted by molar-refractivity contribution is 0.322. The van der Waals surface area contributed by atoms with Crippen LogP contribution >= 0.6 is 0 Å². The quantitative estimate of drug-likeness (QED) is 0.753. The maximum atomic E-state index is 14.0. The van der Waals surface area contributed by atoms with Crippen LogP contribution in [0.15, 0.2) is 12.1 Å². The van der Waals surface area contributed by atoms with Crippen molar-refractivity contribution >= 4 is 0 Å². The minimum Gasteiger partial charge on any atom is -0.313 e. The van der Waals surface area contributed by atoms with Crippen molar-refractivity contribution in [3.63, 3.8) is 0 Å². The van der Waals surface area contributed by atoms with Gasteiger partial charge in [0.1, 0.15) is 11.6 Å². The minimum atomic E-state index is -0.473. The molecule has 108 valence electrons. The third-order valence-electron chi connectivity index (χ3n) is 3.71. The van der Waals surface area contributed by atoms with Gasteiger partial charge in [-0.15, -0.1) is 0 Å². The van der Waals surface area contributed by atoms with Gasteiger partial charge in [-0.1, -0.05) is 26.7 Å². The molecule has 0 aliphatic carbocycles. The van der Waals surface area contributed by atoms with Crippen molar-refractivity contribution in [1.82, 2.24) is 5.32 Å². The van der Waals surface area contributed by atoms with E-state index in [1.807, 2.05) is 7.05 Å². The molecule has 0 aromatic heterocycles. The fourth-order valence-electron chi connectivity index (χ4n) is 2.78. The highest BCUT2D eigenvalue weighted by molar-refractivity contribution is 5.28. The normalized spacial score (nSPS) is 13.0.